The van der Waals surface area contributed by atoms with Crippen molar-refractivity contribution in [3.8, 4) is 5.75 Å². The van der Waals surface area contributed by atoms with Crippen LogP contribution in [0.15, 0.2) is 18.2 Å². The first kappa shape index (κ1) is 13.4. The molecule has 0 fully saturated rings. The van der Waals surface area contributed by atoms with Crippen LogP contribution in [0.1, 0.15) is 12.5 Å². The summed E-state index contributed by atoms with van der Waals surface area (Å²) in [4.78, 5) is 11.4. The van der Waals surface area contributed by atoms with Gasteiger partial charge in [-0.2, -0.15) is 0 Å². The van der Waals surface area contributed by atoms with Crippen molar-refractivity contribution in [2.45, 2.75) is 19.4 Å². The molecule has 0 saturated heterocycles. The molecule has 1 amide bonds. The molecule has 0 radical (unpaired) electrons. The van der Waals surface area contributed by atoms with Crippen molar-refractivity contribution in [1.82, 2.24) is 5.32 Å². The zero-order valence-corrected chi connectivity index (χ0v) is 9.87. The van der Waals surface area contributed by atoms with Crippen molar-refractivity contribution in [3.63, 3.8) is 0 Å². The largest absolute Gasteiger partial charge is 0.494 e. The minimum atomic E-state index is -0.591. The molecule has 0 aliphatic heterocycles. The number of carbonyl (C=O) groups excluding carboxylic acids is 1. The molecule has 0 aromatic heterocycles. The summed E-state index contributed by atoms with van der Waals surface area (Å²) in [6.07, 6.45) is -0.514. The molecular formula is C12H16FNO3. The minimum absolute atomic E-state index is 0.0770. The van der Waals surface area contributed by atoms with Crippen LogP contribution in [0.3, 0.4) is 0 Å². The van der Waals surface area contributed by atoms with Crippen LogP contribution in [0, 0.1) is 5.82 Å². The number of aliphatic hydroxyl groups is 1. The number of aliphatic hydroxyl groups excluding tert-OH is 1. The normalized spacial score (nSPS) is 12.0. The van der Waals surface area contributed by atoms with Gasteiger partial charge >= 0.3 is 0 Å². The highest BCUT2D eigenvalue weighted by molar-refractivity contribution is 5.78. The van der Waals surface area contributed by atoms with E-state index in [0.717, 1.165) is 0 Å². The molecule has 0 spiro atoms. The summed E-state index contributed by atoms with van der Waals surface area (Å²) in [5.74, 6) is -0.595. The predicted molar refractivity (Wildman–Crippen MR) is 61.3 cm³/mol. The Morgan fingerprint density at radius 2 is 2.29 bits per heavy atom. The van der Waals surface area contributed by atoms with Crippen LogP contribution < -0.4 is 10.1 Å². The van der Waals surface area contributed by atoms with Gasteiger partial charge in [-0.15, -0.1) is 0 Å². The third-order valence-electron chi connectivity index (χ3n) is 2.18. The van der Waals surface area contributed by atoms with Crippen LogP contribution in [0.25, 0.3) is 0 Å². The fourth-order valence-corrected chi connectivity index (χ4v) is 1.33. The van der Waals surface area contributed by atoms with Crippen LogP contribution in [-0.4, -0.2) is 30.8 Å². The molecule has 0 saturated carbocycles. The molecule has 4 nitrogen and oxygen atoms in total. The predicted octanol–water partition coefficient (Wildman–Crippen LogP) is 0.874. The molecular weight excluding hydrogens is 225 g/mol. The molecule has 0 bridgehead atoms. The lowest BCUT2D eigenvalue weighted by atomic mass is 10.1. The number of carbonyl (C=O) groups is 1. The number of nitrogens with one attached hydrogen (secondary N) is 1. The number of hydrogen-bond donors (Lipinski definition) is 2. The number of halogens is 1. The Bertz CT molecular complexity index is 393. The average molecular weight is 241 g/mol. The topological polar surface area (TPSA) is 58.6 Å². The molecule has 1 aromatic rings. The van der Waals surface area contributed by atoms with E-state index in [0.29, 0.717) is 5.56 Å². The first-order valence-corrected chi connectivity index (χ1v) is 5.30. The second-order valence-corrected chi connectivity index (χ2v) is 3.80. The van der Waals surface area contributed by atoms with Gasteiger partial charge in [-0.1, -0.05) is 6.07 Å². The third-order valence-corrected chi connectivity index (χ3v) is 2.18. The summed E-state index contributed by atoms with van der Waals surface area (Å²) in [5.41, 5.74) is 0.561. The van der Waals surface area contributed by atoms with E-state index in [1.54, 1.807) is 13.0 Å². The van der Waals surface area contributed by atoms with Gasteiger partial charge in [-0.3, -0.25) is 4.79 Å². The molecule has 0 heterocycles. The average Bonchev–Trinajstić information content (AvgIpc) is 2.26. The van der Waals surface area contributed by atoms with Crippen molar-refractivity contribution < 1.29 is 19.0 Å². The van der Waals surface area contributed by atoms with E-state index in [9.17, 15) is 9.18 Å². The van der Waals surface area contributed by atoms with Crippen molar-refractivity contribution in [2.24, 2.45) is 0 Å². The molecule has 0 unspecified atom stereocenters. The molecule has 94 valence electrons. The molecule has 1 aromatic carbocycles. The number of amides is 1. The van der Waals surface area contributed by atoms with E-state index < -0.39 is 11.9 Å². The Labute approximate surface area is 99.4 Å². The maximum absolute atomic E-state index is 13.3. The maximum Gasteiger partial charge on any atom is 0.224 e. The standard InChI is InChI=1S/C12H16FNO3/c1-8(15)7-14-12(16)6-9-3-4-11(17-2)10(13)5-9/h3-5,8,15H,6-7H2,1-2H3,(H,14,16)/t8-/m1/s1. The number of rotatable bonds is 5. The Morgan fingerprint density at radius 1 is 1.59 bits per heavy atom. The van der Waals surface area contributed by atoms with E-state index in [1.807, 2.05) is 0 Å². The van der Waals surface area contributed by atoms with Crippen LogP contribution in [0.4, 0.5) is 4.39 Å². The zero-order chi connectivity index (χ0) is 12.8. The zero-order valence-electron chi connectivity index (χ0n) is 9.87. The maximum atomic E-state index is 13.3. The quantitative estimate of drug-likeness (QED) is 0.804. The van der Waals surface area contributed by atoms with Gasteiger partial charge in [-0.05, 0) is 24.6 Å². The smallest absolute Gasteiger partial charge is 0.224 e. The first-order chi connectivity index (χ1) is 8.02. The molecule has 1 atom stereocenters. The van der Waals surface area contributed by atoms with E-state index >= 15 is 0 Å². The van der Waals surface area contributed by atoms with Crippen LogP contribution >= 0.6 is 0 Å². The number of benzene rings is 1. The highest BCUT2D eigenvalue weighted by Crippen LogP contribution is 2.17. The van der Waals surface area contributed by atoms with Gasteiger partial charge in [0.15, 0.2) is 11.6 Å². The van der Waals surface area contributed by atoms with Crippen molar-refractivity contribution in [3.05, 3.63) is 29.6 Å². The summed E-state index contributed by atoms with van der Waals surface area (Å²) in [6, 6.07) is 4.37. The molecule has 17 heavy (non-hydrogen) atoms. The summed E-state index contributed by atoms with van der Waals surface area (Å²) in [6.45, 7) is 1.77. The Balaban J connectivity index is 2.57. The second kappa shape index (κ2) is 6.20. The van der Waals surface area contributed by atoms with E-state index in [-0.39, 0.29) is 24.6 Å². The summed E-state index contributed by atoms with van der Waals surface area (Å²) >= 11 is 0. The van der Waals surface area contributed by atoms with Gasteiger partial charge in [0, 0.05) is 6.54 Å². The lowest BCUT2D eigenvalue weighted by molar-refractivity contribution is -0.120. The highest BCUT2D eigenvalue weighted by atomic mass is 19.1. The fraction of sp³-hybridized carbons (Fsp3) is 0.417. The number of hydrogen-bond acceptors (Lipinski definition) is 3. The molecule has 0 aliphatic carbocycles. The molecule has 1 rings (SSSR count). The van der Waals surface area contributed by atoms with Gasteiger partial charge in [0.2, 0.25) is 5.91 Å². The number of methoxy groups -OCH3 is 1. The van der Waals surface area contributed by atoms with Gasteiger partial charge < -0.3 is 15.2 Å². The number of ether oxygens (including phenoxy) is 1. The monoisotopic (exact) mass is 241 g/mol. The summed E-state index contributed by atoms with van der Waals surface area (Å²) in [5, 5.41) is 11.5. The van der Waals surface area contributed by atoms with Gasteiger partial charge in [0.1, 0.15) is 0 Å². The Morgan fingerprint density at radius 3 is 2.82 bits per heavy atom. The van der Waals surface area contributed by atoms with E-state index in [2.05, 4.69) is 5.32 Å². The fourth-order valence-electron chi connectivity index (χ4n) is 1.33. The van der Waals surface area contributed by atoms with Gasteiger partial charge in [0.05, 0.1) is 19.6 Å². The lowest BCUT2D eigenvalue weighted by Gasteiger charge is -2.08. The van der Waals surface area contributed by atoms with E-state index in [4.69, 9.17) is 9.84 Å². The molecule has 2 N–H and O–H groups in total. The summed E-state index contributed by atoms with van der Waals surface area (Å²) < 4.78 is 18.1. The Hall–Kier alpha value is -1.62. The Kier molecular flexibility index (Phi) is 4.90. The third kappa shape index (κ3) is 4.40. The molecule has 0 aliphatic rings. The molecule has 5 heteroatoms. The van der Waals surface area contributed by atoms with Crippen molar-refractivity contribution >= 4 is 5.91 Å². The summed E-state index contributed by atoms with van der Waals surface area (Å²) in [7, 11) is 1.38. The van der Waals surface area contributed by atoms with Crippen molar-refractivity contribution in [1.29, 1.82) is 0 Å². The van der Waals surface area contributed by atoms with Gasteiger partial charge in [0.25, 0.3) is 0 Å². The SMILES string of the molecule is COc1ccc(CC(=O)NC[C@@H](C)O)cc1F. The van der Waals surface area contributed by atoms with Crippen LogP contribution in [-0.2, 0) is 11.2 Å². The van der Waals surface area contributed by atoms with Crippen LogP contribution in [0.2, 0.25) is 0 Å². The highest BCUT2D eigenvalue weighted by Gasteiger charge is 2.08. The first-order valence-electron chi connectivity index (χ1n) is 5.30. The van der Waals surface area contributed by atoms with Gasteiger partial charge in [-0.25, -0.2) is 4.39 Å². The van der Waals surface area contributed by atoms with Crippen molar-refractivity contribution in [2.75, 3.05) is 13.7 Å². The van der Waals surface area contributed by atoms with Crippen LogP contribution in [0.5, 0.6) is 5.75 Å². The second-order valence-electron chi connectivity index (χ2n) is 3.80. The minimum Gasteiger partial charge on any atom is -0.494 e. The lowest BCUT2D eigenvalue weighted by Crippen LogP contribution is -2.31. The van der Waals surface area contributed by atoms with E-state index in [1.165, 1.54) is 19.2 Å².